The smallest absolute Gasteiger partial charge is 0.108 e. The van der Waals surface area contributed by atoms with E-state index in [1.165, 1.54) is 11.1 Å². The number of H-pyrrole nitrogens is 1. The van der Waals surface area contributed by atoms with Crippen LogP contribution < -0.4 is 0 Å². The zero-order chi connectivity index (χ0) is 8.55. The molecule has 0 aliphatic heterocycles. The summed E-state index contributed by atoms with van der Waals surface area (Å²) in [6, 6.07) is 0. The monoisotopic (exact) mass is 161 g/mol. The Hall–Kier alpha value is -1.38. The topological polar surface area (TPSA) is 41.6 Å². The van der Waals surface area contributed by atoms with Gasteiger partial charge in [-0.25, -0.2) is 0 Å². The third-order valence-corrected chi connectivity index (χ3v) is 2.22. The largest absolute Gasteiger partial charge is 0.276 e. The molecule has 0 aliphatic rings. The lowest BCUT2D eigenvalue weighted by Crippen LogP contribution is -1.89. The Labute approximate surface area is 70.8 Å². The number of aromatic amines is 1. The minimum absolute atomic E-state index is 0.949. The van der Waals surface area contributed by atoms with Crippen LogP contribution in [0.3, 0.4) is 0 Å². The van der Waals surface area contributed by atoms with Crippen LogP contribution in [0.25, 0.3) is 11.0 Å². The predicted octanol–water partition coefficient (Wildman–Crippen LogP) is 1.83. The van der Waals surface area contributed by atoms with Crippen LogP contribution in [-0.2, 0) is 6.42 Å². The van der Waals surface area contributed by atoms with Gasteiger partial charge in [-0.1, -0.05) is 6.92 Å². The van der Waals surface area contributed by atoms with Gasteiger partial charge in [0.05, 0.1) is 11.7 Å². The zero-order valence-electron chi connectivity index (χ0n) is 7.26. The van der Waals surface area contributed by atoms with E-state index in [2.05, 4.69) is 29.0 Å². The number of fused-ring (bicyclic) bond motifs is 1. The molecule has 0 aromatic carbocycles. The van der Waals surface area contributed by atoms with Crippen LogP contribution in [0.2, 0.25) is 0 Å². The molecule has 0 unspecified atom stereocenters. The Kier molecular flexibility index (Phi) is 1.57. The summed E-state index contributed by atoms with van der Waals surface area (Å²) in [5.41, 5.74) is 4.56. The van der Waals surface area contributed by atoms with E-state index in [0.717, 1.165) is 17.5 Å². The Morgan fingerprint density at radius 2 is 2.25 bits per heavy atom. The average molecular weight is 161 g/mol. The van der Waals surface area contributed by atoms with Crippen LogP contribution in [0, 0.1) is 6.92 Å². The molecule has 3 heteroatoms. The van der Waals surface area contributed by atoms with Crippen molar-refractivity contribution in [1.82, 2.24) is 15.2 Å². The van der Waals surface area contributed by atoms with Gasteiger partial charge < -0.3 is 0 Å². The second kappa shape index (κ2) is 2.59. The van der Waals surface area contributed by atoms with Gasteiger partial charge in [0.15, 0.2) is 0 Å². The fourth-order valence-electron chi connectivity index (χ4n) is 1.41. The first-order chi connectivity index (χ1) is 5.83. The maximum atomic E-state index is 4.28. The molecule has 12 heavy (non-hydrogen) atoms. The maximum Gasteiger partial charge on any atom is 0.108 e. The highest BCUT2D eigenvalue weighted by molar-refractivity contribution is 5.77. The van der Waals surface area contributed by atoms with Crippen molar-refractivity contribution in [2.75, 3.05) is 0 Å². The highest BCUT2D eigenvalue weighted by Gasteiger charge is 2.03. The lowest BCUT2D eigenvalue weighted by atomic mass is 10.1. The lowest BCUT2D eigenvalue weighted by Gasteiger charge is -2.01. The fourth-order valence-corrected chi connectivity index (χ4v) is 1.41. The minimum Gasteiger partial charge on any atom is -0.276 e. The van der Waals surface area contributed by atoms with Crippen molar-refractivity contribution < 1.29 is 0 Å². The van der Waals surface area contributed by atoms with Crippen molar-refractivity contribution in [3.63, 3.8) is 0 Å². The van der Waals surface area contributed by atoms with E-state index in [1.807, 2.05) is 6.20 Å². The van der Waals surface area contributed by atoms with Crippen molar-refractivity contribution in [2.45, 2.75) is 20.3 Å². The molecule has 0 saturated carbocycles. The first-order valence-corrected chi connectivity index (χ1v) is 4.10. The van der Waals surface area contributed by atoms with E-state index in [0.29, 0.717) is 0 Å². The SMILES string of the molecule is CCc1cnc2cn[nH]c2c1C. The summed E-state index contributed by atoms with van der Waals surface area (Å²) in [6.45, 7) is 4.23. The number of hydrogen-bond acceptors (Lipinski definition) is 2. The fraction of sp³-hybridized carbons (Fsp3) is 0.333. The third-order valence-electron chi connectivity index (χ3n) is 2.22. The number of nitrogens with one attached hydrogen (secondary N) is 1. The first-order valence-electron chi connectivity index (χ1n) is 4.10. The van der Waals surface area contributed by atoms with Gasteiger partial charge in [0.1, 0.15) is 5.52 Å². The molecule has 2 aromatic heterocycles. The first kappa shape index (κ1) is 7.28. The van der Waals surface area contributed by atoms with Gasteiger partial charge in [-0.2, -0.15) is 5.10 Å². The van der Waals surface area contributed by atoms with Crippen LogP contribution in [-0.4, -0.2) is 15.2 Å². The summed E-state index contributed by atoms with van der Waals surface area (Å²) in [7, 11) is 0. The van der Waals surface area contributed by atoms with E-state index in [1.54, 1.807) is 6.20 Å². The summed E-state index contributed by atoms with van der Waals surface area (Å²) >= 11 is 0. The molecule has 0 amide bonds. The normalized spacial score (nSPS) is 10.8. The molecule has 2 aromatic rings. The number of nitrogens with zero attached hydrogens (tertiary/aromatic N) is 2. The number of aromatic nitrogens is 3. The molecule has 0 aliphatic carbocycles. The van der Waals surface area contributed by atoms with Gasteiger partial charge >= 0.3 is 0 Å². The summed E-state index contributed by atoms with van der Waals surface area (Å²) in [4.78, 5) is 4.28. The summed E-state index contributed by atoms with van der Waals surface area (Å²) in [5, 5.41) is 6.90. The Morgan fingerprint density at radius 3 is 3.00 bits per heavy atom. The minimum atomic E-state index is 0.949. The molecule has 2 rings (SSSR count). The zero-order valence-corrected chi connectivity index (χ0v) is 7.26. The van der Waals surface area contributed by atoms with Gasteiger partial charge in [0.2, 0.25) is 0 Å². The van der Waals surface area contributed by atoms with Crippen molar-refractivity contribution in [3.8, 4) is 0 Å². The van der Waals surface area contributed by atoms with E-state index >= 15 is 0 Å². The van der Waals surface area contributed by atoms with Crippen LogP contribution in [0.1, 0.15) is 18.1 Å². The van der Waals surface area contributed by atoms with Crippen LogP contribution in [0.15, 0.2) is 12.4 Å². The van der Waals surface area contributed by atoms with Gasteiger partial charge in [0.25, 0.3) is 0 Å². The molecule has 2 heterocycles. The average Bonchev–Trinajstić information content (AvgIpc) is 2.53. The van der Waals surface area contributed by atoms with Gasteiger partial charge in [-0.3, -0.25) is 10.1 Å². The van der Waals surface area contributed by atoms with E-state index in [9.17, 15) is 0 Å². The lowest BCUT2D eigenvalue weighted by molar-refractivity contribution is 1.08. The number of rotatable bonds is 1. The number of aryl methyl sites for hydroxylation is 2. The molecule has 0 atom stereocenters. The Balaban J connectivity index is 2.78. The second-order valence-electron chi connectivity index (χ2n) is 2.89. The molecule has 1 N–H and O–H groups in total. The Morgan fingerprint density at radius 1 is 1.42 bits per heavy atom. The molecule has 0 bridgehead atoms. The van der Waals surface area contributed by atoms with Gasteiger partial charge in [0, 0.05) is 6.20 Å². The number of pyridine rings is 1. The van der Waals surface area contributed by atoms with Crippen LogP contribution >= 0.6 is 0 Å². The van der Waals surface area contributed by atoms with E-state index < -0.39 is 0 Å². The van der Waals surface area contributed by atoms with Crippen molar-refractivity contribution >= 4 is 11.0 Å². The van der Waals surface area contributed by atoms with Crippen molar-refractivity contribution in [1.29, 1.82) is 0 Å². The highest BCUT2D eigenvalue weighted by Crippen LogP contribution is 2.16. The molecule has 62 valence electrons. The van der Waals surface area contributed by atoms with Crippen LogP contribution in [0.5, 0.6) is 0 Å². The molecule has 0 spiro atoms. The highest BCUT2D eigenvalue weighted by atomic mass is 15.1. The maximum absolute atomic E-state index is 4.28. The van der Waals surface area contributed by atoms with Gasteiger partial charge in [-0.15, -0.1) is 0 Å². The van der Waals surface area contributed by atoms with E-state index in [4.69, 9.17) is 0 Å². The summed E-state index contributed by atoms with van der Waals surface area (Å²) < 4.78 is 0. The standard InChI is InChI=1S/C9H11N3/c1-3-7-4-10-8-5-11-12-9(8)6(7)2/h4-5H,3H2,1-2H3,(H,11,12). The van der Waals surface area contributed by atoms with Gasteiger partial charge in [-0.05, 0) is 24.5 Å². The molecular weight excluding hydrogens is 150 g/mol. The van der Waals surface area contributed by atoms with Crippen molar-refractivity contribution in [3.05, 3.63) is 23.5 Å². The molecule has 0 radical (unpaired) electrons. The Bertz CT molecular complexity index is 403. The molecule has 0 saturated heterocycles. The summed E-state index contributed by atoms with van der Waals surface area (Å²) in [6.07, 6.45) is 4.70. The quantitative estimate of drug-likeness (QED) is 0.693. The molecule has 0 fully saturated rings. The van der Waals surface area contributed by atoms with E-state index in [-0.39, 0.29) is 0 Å². The third kappa shape index (κ3) is 0.897. The summed E-state index contributed by atoms with van der Waals surface area (Å²) in [5.74, 6) is 0. The van der Waals surface area contributed by atoms with Crippen molar-refractivity contribution in [2.24, 2.45) is 0 Å². The number of hydrogen-bond donors (Lipinski definition) is 1. The molecular formula is C9H11N3. The van der Waals surface area contributed by atoms with Crippen LogP contribution in [0.4, 0.5) is 0 Å². The second-order valence-corrected chi connectivity index (χ2v) is 2.89. The predicted molar refractivity (Wildman–Crippen MR) is 48.0 cm³/mol. The molecule has 3 nitrogen and oxygen atoms in total.